The number of amides is 1. The summed E-state index contributed by atoms with van der Waals surface area (Å²) in [5.74, 6) is 0.708. The molecule has 0 fully saturated rings. The lowest BCUT2D eigenvalue weighted by Gasteiger charge is -2.23. The predicted octanol–water partition coefficient (Wildman–Crippen LogP) is 1.10. The third kappa shape index (κ3) is 7.26. The van der Waals surface area contributed by atoms with Crippen molar-refractivity contribution in [1.29, 1.82) is 0 Å². The van der Waals surface area contributed by atoms with Crippen molar-refractivity contribution in [1.82, 2.24) is 4.90 Å². The third-order valence-electron chi connectivity index (χ3n) is 3.23. The third-order valence-corrected chi connectivity index (χ3v) is 3.88. The quantitative estimate of drug-likeness (QED) is 0.673. The van der Waals surface area contributed by atoms with Crippen LogP contribution in [-0.2, 0) is 16.1 Å². The van der Waals surface area contributed by atoms with Gasteiger partial charge in [0.05, 0.1) is 25.4 Å². The van der Waals surface area contributed by atoms with Gasteiger partial charge in [-0.1, -0.05) is 30.3 Å². The molecule has 1 rings (SSSR count). The number of ether oxygens (including phenoxy) is 1. The Kier molecular flexibility index (Phi) is 9.15. The number of carbonyl (C=O) groups is 1. The zero-order valence-electron chi connectivity index (χ0n) is 13.3. The van der Waals surface area contributed by atoms with Crippen LogP contribution >= 0.6 is 11.8 Å². The summed E-state index contributed by atoms with van der Waals surface area (Å²) in [5.41, 5.74) is 6.89. The molecule has 0 aliphatic heterocycles. The van der Waals surface area contributed by atoms with Gasteiger partial charge < -0.3 is 20.5 Å². The molecule has 1 amide bonds. The lowest BCUT2D eigenvalue weighted by atomic mass is 10.2. The molecule has 124 valence electrons. The van der Waals surface area contributed by atoms with Crippen molar-refractivity contribution in [3.8, 4) is 0 Å². The van der Waals surface area contributed by atoms with Crippen molar-refractivity contribution in [2.75, 3.05) is 32.2 Å². The molecule has 2 atom stereocenters. The van der Waals surface area contributed by atoms with Gasteiger partial charge in [0, 0.05) is 13.6 Å². The van der Waals surface area contributed by atoms with Crippen LogP contribution in [0.4, 0.5) is 0 Å². The van der Waals surface area contributed by atoms with E-state index in [-0.39, 0.29) is 19.1 Å². The average Bonchev–Trinajstić information content (AvgIpc) is 2.52. The van der Waals surface area contributed by atoms with Gasteiger partial charge in [-0.05, 0) is 24.0 Å². The minimum atomic E-state index is -0.717. The van der Waals surface area contributed by atoms with Gasteiger partial charge in [-0.3, -0.25) is 4.79 Å². The summed E-state index contributed by atoms with van der Waals surface area (Å²) < 4.78 is 5.46. The van der Waals surface area contributed by atoms with Crippen LogP contribution in [-0.4, -0.2) is 60.3 Å². The number of thioether (sulfide) groups is 1. The average molecular weight is 326 g/mol. The highest BCUT2D eigenvalue weighted by Gasteiger charge is 2.19. The molecule has 0 heterocycles. The topological polar surface area (TPSA) is 75.8 Å². The van der Waals surface area contributed by atoms with Crippen LogP contribution in [0.15, 0.2) is 30.3 Å². The summed E-state index contributed by atoms with van der Waals surface area (Å²) in [5, 5.41) is 9.94. The normalized spacial score (nSPS) is 13.6. The second kappa shape index (κ2) is 10.6. The van der Waals surface area contributed by atoms with E-state index in [1.165, 1.54) is 4.90 Å². The first-order valence-electron chi connectivity index (χ1n) is 7.33. The van der Waals surface area contributed by atoms with Crippen molar-refractivity contribution >= 4 is 17.7 Å². The molecular formula is C16H26N2O3S. The fraction of sp³-hybridized carbons (Fsp3) is 0.562. The van der Waals surface area contributed by atoms with Gasteiger partial charge in [0.2, 0.25) is 5.91 Å². The highest BCUT2D eigenvalue weighted by Crippen LogP contribution is 2.04. The van der Waals surface area contributed by atoms with E-state index in [0.717, 1.165) is 11.3 Å². The molecule has 0 radical (unpaired) electrons. The van der Waals surface area contributed by atoms with E-state index in [1.54, 1.807) is 18.8 Å². The minimum Gasteiger partial charge on any atom is -0.389 e. The Balaban J connectivity index is 2.25. The Morgan fingerprint density at radius 2 is 2.09 bits per heavy atom. The van der Waals surface area contributed by atoms with E-state index in [0.29, 0.717) is 13.0 Å². The monoisotopic (exact) mass is 326 g/mol. The first kappa shape index (κ1) is 19.0. The fourth-order valence-corrected chi connectivity index (χ4v) is 2.49. The number of carbonyl (C=O) groups excluding carboxylic acids is 1. The Bertz CT molecular complexity index is 431. The van der Waals surface area contributed by atoms with Crippen LogP contribution in [0, 0.1) is 0 Å². The zero-order valence-corrected chi connectivity index (χ0v) is 14.1. The van der Waals surface area contributed by atoms with Crippen LogP contribution < -0.4 is 5.73 Å². The minimum absolute atomic E-state index is 0.142. The number of benzene rings is 1. The molecule has 0 saturated heterocycles. The number of hydrogen-bond donors (Lipinski definition) is 2. The molecular weight excluding hydrogens is 300 g/mol. The molecule has 3 N–H and O–H groups in total. The van der Waals surface area contributed by atoms with E-state index in [4.69, 9.17) is 10.5 Å². The molecule has 6 heteroatoms. The molecule has 5 nitrogen and oxygen atoms in total. The number of nitrogens with zero attached hydrogens (tertiary/aromatic N) is 1. The molecule has 0 spiro atoms. The van der Waals surface area contributed by atoms with Crippen molar-refractivity contribution < 1.29 is 14.6 Å². The number of nitrogens with two attached hydrogens (primary N) is 1. The van der Waals surface area contributed by atoms with E-state index >= 15 is 0 Å². The maximum Gasteiger partial charge on any atom is 0.239 e. The lowest BCUT2D eigenvalue weighted by Crippen LogP contribution is -2.45. The summed E-state index contributed by atoms with van der Waals surface area (Å²) in [4.78, 5) is 13.5. The molecule has 0 aliphatic rings. The van der Waals surface area contributed by atoms with Crippen molar-refractivity contribution in [3.05, 3.63) is 35.9 Å². The van der Waals surface area contributed by atoms with Crippen LogP contribution in [0.3, 0.4) is 0 Å². The van der Waals surface area contributed by atoms with Crippen molar-refractivity contribution in [2.45, 2.75) is 25.2 Å². The first-order valence-corrected chi connectivity index (χ1v) is 8.73. The molecule has 22 heavy (non-hydrogen) atoms. The summed E-state index contributed by atoms with van der Waals surface area (Å²) >= 11 is 1.66. The molecule has 1 unspecified atom stereocenters. The lowest BCUT2D eigenvalue weighted by molar-refractivity contribution is -0.133. The van der Waals surface area contributed by atoms with E-state index < -0.39 is 12.1 Å². The Labute approximate surface area is 136 Å². The van der Waals surface area contributed by atoms with Gasteiger partial charge in [0.25, 0.3) is 0 Å². The van der Waals surface area contributed by atoms with E-state index in [9.17, 15) is 9.90 Å². The summed E-state index contributed by atoms with van der Waals surface area (Å²) in [6.45, 7) is 0.857. The standard InChI is InChI=1S/C16H26N2O3S/c1-18(16(20)15(17)8-9-22-2)10-14(19)12-21-11-13-6-4-3-5-7-13/h3-7,14-15,19H,8-12,17H2,1-2H3/t14?,15-/m0/s1. The molecule has 0 aliphatic carbocycles. The second-order valence-electron chi connectivity index (χ2n) is 5.26. The molecule has 0 aromatic heterocycles. The van der Waals surface area contributed by atoms with Crippen molar-refractivity contribution in [2.24, 2.45) is 5.73 Å². The number of aliphatic hydroxyl groups is 1. The van der Waals surface area contributed by atoms with Gasteiger partial charge in [-0.15, -0.1) is 0 Å². The maximum absolute atomic E-state index is 12.0. The first-order chi connectivity index (χ1) is 10.5. The van der Waals surface area contributed by atoms with Crippen LogP contribution in [0.2, 0.25) is 0 Å². The highest BCUT2D eigenvalue weighted by molar-refractivity contribution is 7.98. The number of likely N-dealkylation sites (N-methyl/N-ethyl adjacent to an activating group) is 1. The molecule has 0 bridgehead atoms. The number of rotatable bonds is 10. The van der Waals surface area contributed by atoms with E-state index in [2.05, 4.69) is 0 Å². The van der Waals surface area contributed by atoms with Gasteiger partial charge in [-0.2, -0.15) is 11.8 Å². The van der Waals surface area contributed by atoms with E-state index in [1.807, 2.05) is 36.6 Å². The van der Waals surface area contributed by atoms with Gasteiger partial charge in [-0.25, -0.2) is 0 Å². The van der Waals surface area contributed by atoms with Crippen LogP contribution in [0.25, 0.3) is 0 Å². The van der Waals surface area contributed by atoms with Crippen LogP contribution in [0.5, 0.6) is 0 Å². The summed E-state index contributed by atoms with van der Waals surface area (Å²) in [7, 11) is 1.65. The smallest absolute Gasteiger partial charge is 0.239 e. The Morgan fingerprint density at radius 3 is 2.73 bits per heavy atom. The van der Waals surface area contributed by atoms with Crippen LogP contribution in [0.1, 0.15) is 12.0 Å². The zero-order chi connectivity index (χ0) is 16.4. The molecule has 1 aromatic rings. The second-order valence-corrected chi connectivity index (χ2v) is 6.25. The Morgan fingerprint density at radius 1 is 1.41 bits per heavy atom. The van der Waals surface area contributed by atoms with Gasteiger partial charge in [0.1, 0.15) is 0 Å². The van der Waals surface area contributed by atoms with Gasteiger partial charge in [0.15, 0.2) is 0 Å². The summed E-state index contributed by atoms with van der Waals surface area (Å²) in [6, 6.07) is 9.25. The number of hydrogen-bond acceptors (Lipinski definition) is 5. The largest absolute Gasteiger partial charge is 0.389 e. The SMILES string of the molecule is CSCC[C@H](N)C(=O)N(C)CC(O)COCc1ccccc1. The Hall–Kier alpha value is -1.08. The number of aliphatic hydroxyl groups excluding tert-OH is 1. The molecule has 1 aromatic carbocycles. The fourth-order valence-electron chi connectivity index (χ4n) is 2.00. The maximum atomic E-state index is 12.0. The van der Waals surface area contributed by atoms with Crippen molar-refractivity contribution in [3.63, 3.8) is 0 Å². The predicted molar refractivity (Wildman–Crippen MR) is 90.7 cm³/mol. The highest BCUT2D eigenvalue weighted by atomic mass is 32.2. The summed E-state index contributed by atoms with van der Waals surface area (Å²) in [6.07, 6.45) is 1.91. The van der Waals surface area contributed by atoms with Gasteiger partial charge >= 0.3 is 0 Å². The molecule has 0 saturated carbocycles.